The molecule has 1 aliphatic rings. The van der Waals surface area contributed by atoms with Crippen LogP contribution in [0.2, 0.25) is 0 Å². The predicted molar refractivity (Wildman–Crippen MR) is 139 cm³/mol. The third-order valence-electron chi connectivity index (χ3n) is 6.30. The average molecular weight is 544 g/mol. The van der Waals surface area contributed by atoms with Gasteiger partial charge < -0.3 is 28.8 Å². The Hall–Kier alpha value is -1.97. The molecular weight excluding hydrogens is 501 g/mol. The standard InChI is InChI=1S/C26H42NO9P/c1-20(28)10-8-6-5-7-9-17-27-26(29)34-18-21-11-14-23(15-12-21)35-37(30,33-4)36-25-22(19-31-2)13-16-24(25)32-3/h11-12,14-15,22,24-25H,5-10,13,16-19H2,1-4H3,(H,27,29)/t22-,24-,25?,37?/m1/s1. The average Bonchev–Trinajstić information content (AvgIpc) is 3.25. The molecule has 1 aliphatic carbocycles. The van der Waals surface area contributed by atoms with Gasteiger partial charge >= 0.3 is 13.9 Å². The second-order valence-corrected chi connectivity index (χ2v) is 10.9. The lowest BCUT2D eigenvalue weighted by atomic mass is 10.1. The van der Waals surface area contributed by atoms with Gasteiger partial charge in [0, 0.05) is 40.2 Å². The molecule has 1 saturated carbocycles. The van der Waals surface area contributed by atoms with E-state index in [0.717, 1.165) is 50.5 Å². The summed E-state index contributed by atoms with van der Waals surface area (Å²) in [5.74, 6) is 0.550. The van der Waals surface area contributed by atoms with Crippen molar-refractivity contribution < 1.29 is 41.9 Å². The molecule has 37 heavy (non-hydrogen) atoms. The molecule has 1 aromatic carbocycles. The van der Waals surface area contributed by atoms with Crippen LogP contribution in [0.25, 0.3) is 0 Å². The molecule has 0 aliphatic heterocycles. The summed E-state index contributed by atoms with van der Waals surface area (Å²) >= 11 is 0. The van der Waals surface area contributed by atoms with E-state index in [1.807, 2.05) is 0 Å². The molecular formula is C26H42NO9P. The number of ketones is 1. The number of benzene rings is 1. The Labute approximate surface area is 220 Å². The number of carbonyl (C=O) groups excluding carboxylic acids is 2. The van der Waals surface area contributed by atoms with Gasteiger partial charge in [-0.15, -0.1) is 0 Å². The molecule has 11 heteroatoms. The lowest BCUT2D eigenvalue weighted by Gasteiger charge is -2.27. The zero-order chi connectivity index (χ0) is 27.1. The van der Waals surface area contributed by atoms with Crippen LogP contribution < -0.4 is 9.84 Å². The molecule has 0 aromatic heterocycles. The minimum atomic E-state index is -3.90. The van der Waals surface area contributed by atoms with Crippen LogP contribution in [-0.2, 0) is 39.2 Å². The maximum Gasteiger partial charge on any atom is 0.530 e. The van der Waals surface area contributed by atoms with Crippen LogP contribution in [0.4, 0.5) is 4.79 Å². The molecule has 2 unspecified atom stereocenters. The van der Waals surface area contributed by atoms with Crippen LogP contribution in [-0.4, -0.2) is 58.6 Å². The van der Waals surface area contributed by atoms with E-state index >= 15 is 0 Å². The molecule has 0 saturated heterocycles. The van der Waals surface area contributed by atoms with Crippen LogP contribution in [0.3, 0.4) is 0 Å². The van der Waals surface area contributed by atoms with Crippen molar-refractivity contribution in [3.05, 3.63) is 29.8 Å². The summed E-state index contributed by atoms with van der Waals surface area (Å²) < 4.78 is 45.8. The first-order chi connectivity index (χ1) is 17.8. The van der Waals surface area contributed by atoms with Crippen LogP contribution in [0.15, 0.2) is 24.3 Å². The molecule has 0 heterocycles. The number of rotatable bonds is 18. The summed E-state index contributed by atoms with van der Waals surface area (Å²) in [5.41, 5.74) is 0.747. The molecule has 1 fully saturated rings. The van der Waals surface area contributed by atoms with E-state index in [9.17, 15) is 14.2 Å². The largest absolute Gasteiger partial charge is 0.530 e. The van der Waals surface area contributed by atoms with Gasteiger partial charge in [-0.2, -0.15) is 0 Å². The summed E-state index contributed by atoms with van der Waals surface area (Å²) in [6.07, 6.45) is 5.90. The van der Waals surface area contributed by atoms with Gasteiger partial charge in [-0.1, -0.05) is 31.4 Å². The van der Waals surface area contributed by atoms with Gasteiger partial charge in [-0.3, -0.25) is 9.05 Å². The predicted octanol–water partition coefficient (Wildman–Crippen LogP) is 5.43. The minimum Gasteiger partial charge on any atom is -0.445 e. The maximum absolute atomic E-state index is 13.2. The maximum atomic E-state index is 13.2. The lowest BCUT2D eigenvalue weighted by molar-refractivity contribution is -0.117. The van der Waals surface area contributed by atoms with Crippen molar-refractivity contribution >= 4 is 19.7 Å². The number of unbranched alkanes of at least 4 members (excludes halogenated alkanes) is 4. The number of nitrogens with one attached hydrogen (secondary N) is 1. The number of methoxy groups -OCH3 is 2. The smallest absolute Gasteiger partial charge is 0.445 e. The number of carbonyl (C=O) groups is 2. The van der Waals surface area contributed by atoms with Crippen molar-refractivity contribution in [3.8, 4) is 5.75 Å². The Kier molecular flexibility index (Phi) is 14.2. The lowest BCUT2D eigenvalue weighted by Crippen LogP contribution is -2.32. The van der Waals surface area contributed by atoms with Crippen molar-refractivity contribution in [1.29, 1.82) is 0 Å². The number of phosphoric ester groups is 1. The summed E-state index contributed by atoms with van der Waals surface area (Å²) in [6, 6.07) is 6.66. The van der Waals surface area contributed by atoms with Crippen LogP contribution >= 0.6 is 7.82 Å². The number of ether oxygens (including phenoxy) is 3. The molecule has 0 spiro atoms. The second-order valence-electron chi connectivity index (χ2n) is 9.22. The van der Waals surface area contributed by atoms with E-state index in [1.165, 1.54) is 7.11 Å². The fraction of sp³-hybridized carbons (Fsp3) is 0.692. The molecule has 1 N–H and O–H groups in total. The number of Topliss-reactive ketones (excluding diaryl/α,β-unsaturated/α-hetero) is 1. The topological polar surface area (TPSA) is 119 Å². The molecule has 4 atom stereocenters. The quantitative estimate of drug-likeness (QED) is 0.191. The summed E-state index contributed by atoms with van der Waals surface area (Å²) in [6.45, 7) is 2.70. The van der Waals surface area contributed by atoms with Crippen molar-refractivity contribution in [3.63, 3.8) is 0 Å². The number of amides is 1. The van der Waals surface area contributed by atoms with Crippen molar-refractivity contribution in [2.45, 2.75) is 77.1 Å². The fourth-order valence-corrected chi connectivity index (χ4v) is 5.44. The van der Waals surface area contributed by atoms with Gasteiger partial charge in [0.1, 0.15) is 24.2 Å². The van der Waals surface area contributed by atoms with E-state index < -0.39 is 20.0 Å². The van der Waals surface area contributed by atoms with E-state index in [2.05, 4.69) is 5.32 Å². The van der Waals surface area contributed by atoms with Crippen LogP contribution in [0.5, 0.6) is 5.75 Å². The second kappa shape index (κ2) is 16.8. The zero-order valence-corrected chi connectivity index (χ0v) is 23.3. The Morgan fingerprint density at radius 2 is 1.70 bits per heavy atom. The van der Waals surface area contributed by atoms with Gasteiger partial charge in [0.15, 0.2) is 0 Å². The van der Waals surface area contributed by atoms with Gasteiger partial charge in [0.05, 0.1) is 12.7 Å². The molecule has 210 valence electrons. The highest BCUT2D eigenvalue weighted by molar-refractivity contribution is 7.48. The van der Waals surface area contributed by atoms with Crippen molar-refractivity contribution in [2.24, 2.45) is 5.92 Å². The van der Waals surface area contributed by atoms with E-state index in [0.29, 0.717) is 25.3 Å². The minimum absolute atomic E-state index is 0.0189. The van der Waals surface area contributed by atoms with Crippen molar-refractivity contribution in [2.75, 3.05) is 34.5 Å². The first-order valence-electron chi connectivity index (χ1n) is 12.8. The number of hydrogen-bond acceptors (Lipinski definition) is 9. The van der Waals surface area contributed by atoms with Gasteiger partial charge in [-0.05, 0) is 50.3 Å². The highest BCUT2D eigenvalue weighted by atomic mass is 31.2. The Bertz CT molecular complexity index is 864. The monoisotopic (exact) mass is 543 g/mol. The van der Waals surface area contributed by atoms with Crippen molar-refractivity contribution in [1.82, 2.24) is 5.32 Å². The number of alkyl carbamates (subject to hydrolysis) is 1. The molecule has 1 amide bonds. The van der Waals surface area contributed by atoms with Gasteiger partial charge in [0.25, 0.3) is 0 Å². The Morgan fingerprint density at radius 3 is 2.35 bits per heavy atom. The number of hydrogen-bond donors (Lipinski definition) is 1. The third kappa shape index (κ3) is 11.5. The number of phosphoric acid groups is 1. The van der Waals surface area contributed by atoms with E-state index in [-0.39, 0.29) is 24.4 Å². The summed E-state index contributed by atoms with van der Waals surface area (Å²) in [5, 5.41) is 2.74. The third-order valence-corrected chi connectivity index (χ3v) is 7.68. The van der Waals surface area contributed by atoms with Gasteiger partial charge in [0.2, 0.25) is 0 Å². The molecule has 10 nitrogen and oxygen atoms in total. The Morgan fingerprint density at radius 1 is 1.00 bits per heavy atom. The fourth-order valence-electron chi connectivity index (χ4n) is 4.25. The van der Waals surface area contributed by atoms with E-state index in [1.54, 1.807) is 45.4 Å². The Balaban J connectivity index is 1.73. The van der Waals surface area contributed by atoms with Crippen LogP contribution in [0.1, 0.15) is 63.9 Å². The zero-order valence-electron chi connectivity index (χ0n) is 22.4. The van der Waals surface area contributed by atoms with E-state index in [4.69, 9.17) is 27.8 Å². The highest BCUT2D eigenvalue weighted by Crippen LogP contribution is 2.52. The summed E-state index contributed by atoms with van der Waals surface area (Å²) in [7, 11) is 0.577. The molecule has 2 rings (SSSR count). The molecule has 0 radical (unpaired) electrons. The molecule has 0 bridgehead atoms. The first kappa shape index (κ1) is 31.2. The first-order valence-corrected chi connectivity index (χ1v) is 14.3. The normalized spacial score (nSPS) is 20.8. The SMILES string of the molecule is COC[C@H]1CC[C@@H](OC)C1OP(=O)(OC)Oc1ccc(COC(=O)NCCCCCCCC(C)=O)cc1. The molecule has 1 aromatic rings. The highest BCUT2D eigenvalue weighted by Gasteiger charge is 2.43. The van der Waals surface area contributed by atoms with Gasteiger partial charge in [-0.25, -0.2) is 9.36 Å². The van der Waals surface area contributed by atoms with Crippen LogP contribution in [0, 0.1) is 5.92 Å². The summed E-state index contributed by atoms with van der Waals surface area (Å²) in [4.78, 5) is 22.8.